The highest BCUT2D eigenvalue weighted by molar-refractivity contribution is 6.00. The van der Waals surface area contributed by atoms with Crippen molar-refractivity contribution in [1.82, 2.24) is 0 Å². The van der Waals surface area contributed by atoms with Crippen LogP contribution in [-0.4, -0.2) is 6.03 Å². The maximum Gasteiger partial charge on any atom is 0.323 e. The molecule has 0 unspecified atom stereocenters. The molecule has 0 heterocycles. The van der Waals surface area contributed by atoms with Gasteiger partial charge in [0, 0.05) is 24.5 Å². The Morgan fingerprint density at radius 1 is 0.684 bits per heavy atom. The van der Waals surface area contributed by atoms with E-state index in [4.69, 9.17) is 22.0 Å². The molecule has 0 atom stereocenters. The Labute approximate surface area is 217 Å². The summed E-state index contributed by atoms with van der Waals surface area (Å²) in [5, 5.41) is 23.5. The van der Waals surface area contributed by atoms with E-state index in [0.717, 1.165) is 11.1 Å². The molecule has 4 rings (SSSR count). The first-order valence-electron chi connectivity index (χ1n) is 11.5. The topological polar surface area (TPSA) is 141 Å². The Morgan fingerprint density at radius 3 is 1.45 bits per heavy atom. The van der Waals surface area contributed by atoms with Crippen molar-refractivity contribution in [3.05, 3.63) is 107 Å². The first kappa shape index (κ1) is 26.0. The van der Waals surface area contributed by atoms with Crippen LogP contribution < -0.4 is 22.1 Å². The predicted octanol–water partition coefficient (Wildman–Crippen LogP) is 5.60. The lowest BCUT2D eigenvalue weighted by Gasteiger charge is -2.14. The highest BCUT2D eigenvalue weighted by Gasteiger charge is 2.13. The first-order valence-corrected chi connectivity index (χ1v) is 11.5. The van der Waals surface area contributed by atoms with E-state index in [1.54, 1.807) is 60.7 Å². The zero-order valence-corrected chi connectivity index (χ0v) is 20.1. The summed E-state index contributed by atoms with van der Waals surface area (Å²) in [6.45, 7) is 0.380. The van der Waals surface area contributed by atoms with Gasteiger partial charge in [0.25, 0.3) is 0 Å². The van der Waals surface area contributed by atoms with Crippen LogP contribution in [0, 0.1) is 34.3 Å². The number of hydrogen-bond acceptors (Lipinski definition) is 5. The molecule has 0 aromatic heterocycles. The number of anilines is 2. The minimum atomic E-state index is -0.650. The van der Waals surface area contributed by atoms with E-state index in [2.05, 4.69) is 10.6 Å². The molecule has 0 fully saturated rings. The van der Waals surface area contributed by atoms with Crippen molar-refractivity contribution in [3.63, 3.8) is 0 Å². The van der Waals surface area contributed by atoms with Crippen LogP contribution in [0.15, 0.2) is 72.8 Å². The van der Waals surface area contributed by atoms with Gasteiger partial charge in [-0.2, -0.15) is 10.5 Å². The fourth-order valence-corrected chi connectivity index (χ4v) is 4.04. The SMILES string of the molecule is N#Cc1ccc(-c2cc(NC(=O)Nc3ccc(CN)c(-c4ccc(C#N)c(F)c4)c3)ccc2CN)cc1F. The number of rotatable bonds is 6. The number of nitrogens with zero attached hydrogens (tertiary/aromatic N) is 2. The fraction of sp³-hybridized carbons (Fsp3) is 0.0690. The average Bonchev–Trinajstić information content (AvgIpc) is 2.92. The van der Waals surface area contributed by atoms with E-state index in [9.17, 15) is 13.6 Å². The van der Waals surface area contributed by atoms with Gasteiger partial charge in [-0.15, -0.1) is 0 Å². The van der Waals surface area contributed by atoms with Gasteiger partial charge < -0.3 is 22.1 Å². The van der Waals surface area contributed by atoms with E-state index in [1.165, 1.54) is 24.3 Å². The van der Waals surface area contributed by atoms with Gasteiger partial charge in [-0.05, 0) is 81.9 Å². The van der Waals surface area contributed by atoms with Crippen LogP contribution in [0.1, 0.15) is 22.3 Å². The smallest absolute Gasteiger partial charge is 0.323 e. The number of carbonyl (C=O) groups excluding carboxylic acids is 1. The largest absolute Gasteiger partial charge is 0.326 e. The molecule has 6 N–H and O–H groups in total. The van der Waals surface area contributed by atoms with Crippen molar-refractivity contribution in [2.75, 3.05) is 10.6 Å². The zero-order chi connectivity index (χ0) is 27.2. The minimum absolute atomic E-state index is 0.0690. The Morgan fingerprint density at radius 2 is 1.11 bits per heavy atom. The van der Waals surface area contributed by atoms with Crippen LogP contribution in [0.5, 0.6) is 0 Å². The van der Waals surface area contributed by atoms with Crippen molar-refractivity contribution >= 4 is 17.4 Å². The van der Waals surface area contributed by atoms with Crippen LogP contribution in [0.3, 0.4) is 0 Å². The third-order valence-electron chi connectivity index (χ3n) is 5.98. The molecule has 0 saturated carbocycles. The Bertz CT molecular complexity index is 1500. The third kappa shape index (κ3) is 5.50. The second kappa shape index (κ2) is 11.3. The lowest BCUT2D eigenvalue weighted by molar-refractivity contribution is 0.262. The number of hydrogen-bond donors (Lipinski definition) is 4. The summed E-state index contributed by atoms with van der Waals surface area (Å²) in [6, 6.07) is 21.7. The molecule has 0 saturated heterocycles. The number of nitriles is 2. The molecule has 7 nitrogen and oxygen atoms in total. The fourth-order valence-electron chi connectivity index (χ4n) is 4.04. The van der Waals surface area contributed by atoms with Gasteiger partial charge in [-0.3, -0.25) is 0 Å². The summed E-state index contributed by atoms with van der Waals surface area (Å²) in [6.07, 6.45) is 0. The number of benzene rings is 4. The standard InChI is InChI=1S/C29H22F2N6O/c30-27-9-17(1-3-21(27)15-34)25-11-23(7-5-19(25)13-32)36-29(38)37-24-8-6-20(14-33)26(12-24)18-2-4-22(16-35)28(31)10-18/h1-12H,13-14,32-33H2,(H2,36,37,38). The molecule has 4 aromatic rings. The maximum absolute atomic E-state index is 14.2. The number of carbonyl (C=O) groups is 1. The summed E-state index contributed by atoms with van der Waals surface area (Å²) in [4.78, 5) is 12.8. The molecule has 0 spiro atoms. The van der Waals surface area contributed by atoms with Gasteiger partial charge in [-0.25, -0.2) is 13.6 Å². The molecule has 9 heteroatoms. The first-order chi connectivity index (χ1) is 18.4. The van der Waals surface area contributed by atoms with Crippen molar-refractivity contribution in [1.29, 1.82) is 10.5 Å². The van der Waals surface area contributed by atoms with Crippen LogP contribution in [0.25, 0.3) is 22.3 Å². The zero-order valence-electron chi connectivity index (χ0n) is 20.1. The molecule has 0 aliphatic carbocycles. The number of nitrogens with two attached hydrogens (primary N) is 2. The molecular weight excluding hydrogens is 486 g/mol. The lowest BCUT2D eigenvalue weighted by Crippen LogP contribution is -2.19. The van der Waals surface area contributed by atoms with Gasteiger partial charge >= 0.3 is 6.03 Å². The summed E-state index contributed by atoms with van der Waals surface area (Å²) >= 11 is 0. The Kier molecular flexibility index (Phi) is 7.74. The van der Waals surface area contributed by atoms with Gasteiger partial charge in [-0.1, -0.05) is 24.3 Å². The quantitative estimate of drug-likeness (QED) is 0.268. The van der Waals surface area contributed by atoms with Crippen molar-refractivity contribution < 1.29 is 13.6 Å². The van der Waals surface area contributed by atoms with E-state index >= 15 is 0 Å². The summed E-state index contributed by atoms with van der Waals surface area (Å²) < 4.78 is 28.4. The van der Waals surface area contributed by atoms with Gasteiger partial charge in [0.2, 0.25) is 0 Å². The summed E-state index contributed by atoms with van der Waals surface area (Å²) in [7, 11) is 0. The average molecular weight is 509 g/mol. The lowest BCUT2D eigenvalue weighted by atomic mass is 9.97. The third-order valence-corrected chi connectivity index (χ3v) is 5.98. The highest BCUT2D eigenvalue weighted by Crippen LogP contribution is 2.30. The highest BCUT2D eigenvalue weighted by atomic mass is 19.1. The van der Waals surface area contributed by atoms with Crippen LogP contribution in [0.4, 0.5) is 25.0 Å². The number of amides is 2. The number of nitrogens with one attached hydrogen (secondary N) is 2. The van der Waals surface area contributed by atoms with E-state index < -0.39 is 17.7 Å². The maximum atomic E-state index is 14.2. The van der Waals surface area contributed by atoms with Gasteiger partial charge in [0.1, 0.15) is 23.8 Å². The molecule has 4 aromatic carbocycles. The molecule has 0 radical (unpaired) electrons. The molecule has 188 valence electrons. The molecule has 0 aliphatic rings. The number of urea groups is 1. The van der Waals surface area contributed by atoms with Crippen LogP contribution >= 0.6 is 0 Å². The second-order valence-corrected chi connectivity index (χ2v) is 8.34. The van der Waals surface area contributed by atoms with Crippen molar-refractivity contribution in [2.45, 2.75) is 13.1 Å². The Balaban J connectivity index is 1.58. The van der Waals surface area contributed by atoms with Crippen LogP contribution in [-0.2, 0) is 13.1 Å². The van der Waals surface area contributed by atoms with Gasteiger partial charge in [0.15, 0.2) is 0 Å². The molecule has 0 aliphatic heterocycles. The van der Waals surface area contributed by atoms with E-state index in [0.29, 0.717) is 33.6 Å². The minimum Gasteiger partial charge on any atom is -0.326 e. The molecule has 38 heavy (non-hydrogen) atoms. The van der Waals surface area contributed by atoms with E-state index in [-0.39, 0.29) is 24.2 Å². The van der Waals surface area contributed by atoms with E-state index in [1.807, 2.05) is 0 Å². The summed E-state index contributed by atoms with van der Waals surface area (Å²) in [5.41, 5.74) is 16.2. The molecule has 2 amide bonds. The van der Waals surface area contributed by atoms with Crippen molar-refractivity contribution in [3.8, 4) is 34.4 Å². The van der Waals surface area contributed by atoms with Gasteiger partial charge in [0.05, 0.1) is 11.1 Å². The molecule has 0 bridgehead atoms. The number of halogens is 2. The molecular formula is C29H22F2N6O. The summed E-state index contributed by atoms with van der Waals surface area (Å²) in [5.74, 6) is -1.30. The predicted molar refractivity (Wildman–Crippen MR) is 142 cm³/mol. The van der Waals surface area contributed by atoms with Crippen molar-refractivity contribution in [2.24, 2.45) is 11.5 Å². The Hall–Kier alpha value is -5.09. The monoisotopic (exact) mass is 508 g/mol. The second-order valence-electron chi connectivity index (χ2n) is 8.34. The van der Waals surface area contributed by atoms with Crippen LogP contribution in [0.2, 0.25) is 0 Å². The normalized spacial score (nSPS) is 10.4.